The number of imidazole rings is 1. The molecule has 0 aromatic carbocycles. The first-order chi connectivity index (χ1) is 8.15. The quantitative estimate of drug-likeness (QED) is 0.695. The van der Waals surface area contributed by atoms with Gasteiger partial charge in [0.1, 0.15) is 0 Å². The normalized spacial score (nSPS) is 13.0. The molecule has 1 N–H and O–H groups in total. The number of anilines is 1. The maximum absolute atomic E-state index is 5.05. The Hall–Kier alpha value is -1.07. The molecule has 0 aliphatic heterocycles. The molecule has 1 unspecified atom stereocenters. The van der Waals surface area contributed by atoms with Crippen LogP contribution in [-0.4, -0.2) is 54.8 Å². The zero-order valence-corrected chi connectivity index (χ0v) is 11.3. The number of rotatable bonds is 8. The lowest BCUT2D eigenvalue weighted by Gasteiger charge is -2.20. The first-order valence-corrected chi connectivity index (χ1v) is 6.05. The summed E-state index contributed by atoms with van der Waals surface area (Å²) in [6.07, 6.45) is 4.83. The van der Waals surface area contributed by atoms with Crippen molar-refractivity contribution in [2.24, 2.45) is 0 Å². The zero-order chi connectivity index (χ0) is 12.7. The van der Waals surface area contributed by atoms with Crippen LogP contribution in [0.4, 0.5) is 5.95 Å². The van der Waals surface area contributed by atoms with Crippen LogP contribution in [0.15, 0.2) is 12.4 Å². The van der Waals surface area contributed by atoms with Crippen LogP contribution in [0.1, 0.15) is 13.3 Å². The van der Waals surface area contributed by atoms with Gasteiger partial charge in [-0.05, 0) is 27.4 Å². The first kappa shape index (κ1) is 14.0. The van der Waals surface area contributed by atoms with E-state index in [2.05, 4.69) is 40.8 Å². The van der Waals surface area contributed by atoms with E-state index in [1.807, 2.05) is 12.4 Å². The van der Waals surface area contributed by atoms with Gasteiger partial charge in [0, 0.05) is 45.2 Å². The lowest BCUT2D eigenvalue weighted by Crippen LogP contribution is -2.32. The van der Waals surface area contributed by atoms with Gasteiger partial charge in [0.25, 0.3) is 0 Å². The third-order valence-electron chi connectivity index (χ3n) is 2.90. The molecule has 5 heteroatoms. The largest absolute Gasteiger partial charge is 0.385 e. The van der Waals surface area contributed by atoms with E-state index in [0.29, 0.717) is 6.04 Å². The second-order valence-electron chi connectivity index (χ2n) is 4.48. The van der Waals surface area contributed by atoms with Crippen molar-refractivity contribution >= 4 is 5.95 Å². The first-order valence-electron chi connectivity index (χ1n) is 6.05. The van der Waals surface area contributed by atoms with E-state index in [9.17, 15) is 0 Å². The third kappa shape index (κ3) is 4.75. The van der Waals surface area contributed by atoms with Gasteiger partial charge >= 0.3 is 0 Å². The minimum Gasteiger partial charge on any atom is -0.385 e. The Morgan fingerprint density at radius 1 is 1.53 bits per heavy atom. The van der Waals surface area contributed by atoms with Gasteiger partial charge in [0.2, 0.25) is 5.95 Å². The molecule has 5 nitrogen and oxygen atoms in total. The number of likely N-dealkylation sites (N-methyl/N-ethyl adjacent to an activating group) is 1. The van der Waals surface area contributed by atoms with Gasteiger partial charge in [-0.3, -0.25) is 0 Å². The minimum atomic E-state index is 0.485. The van der Waals surface area contributed by atoms with Crippen molar-refractivity contribution in [1.82, 2.24) is 14.5 Å². The summed E-state index contributed by atoms with van der Waals surface area (Å²) < 4.78 is 7.18. The molecule has 0 spiro atoms. The second kappa shape index (κ2) is 7.29. The van der Waals surface area contributed by atoms with Crippen LogP contribution in [0.3, 0.4) is 0 Å². The van der Waals surface area contributed by atoms with Gasteiger partial charge in [-0.25, -0.2) is 4.98 Å². The van der Waals surface area contributed by atoms with Crippen molar-refractivity contribution in [2.75, 3.05) is 39.7 Å². The highest BCUT2D eigenvalue weighted by Crippen LogP contribution is 2.06. The summed E-state index contributed by atoms with van der Waals surface area (Å²) in [6, 6.07) is 0.485. The molecule has 1 aromatic heterocycles. The van der Waals surface area contributed by atoms with Crippen molar-refractivity contribution in [1.29, 1.82) is 0 Å². The van der Waals surface area contributed by atoms with Crippen molar-refractivity contribution < 1.29 is 4.74 Å². The van der Waals surface area contributed by atoms with Crippen LogP contribution in [0.2, 0.25) is 0 Å². The number of aryl methyl sites for hydroxylation is 1. The van der Waals surface area contributed by atoms with Crippen molar-refractivity contribution in [3.63, 3.8) is 0 Å². The Morgan fingerprint density at radius 2 is 2.29 bits per heavy atom. The highest BCUT2D eigenvalue weighted by atomic mass is 16.5. The smallest absolute Gasteiger partial charge is 0.202 e. The molecule has 1 heterocycles. The summed E-state index contributed by atoms with van der Waals surface area (Å²) >= 11 is 0. The Labute approximate surface area is 104 Å². The summed E-state index contributed by atoms with van der Waals surface area (Å²) in [6.45, 7) is 4.80. The summed E-state index contributed by atoms with van der Waals surface area (Å²) in [5.74, 6) is 0.940. The average Bonchev–Trinajstić information content (AvgIpc) is 2.74. The van der Waals surface area contributed by atoms with Gasteiger partial charge in [-0.15, -0.1) is 0 Å². The molecule has 98 valence electrons. The topological polar surface area (TPSA) is 42.3 Å². The summed E-state index contributed by atoms with van der Waals surface area (Å²) in [7, 11) is 5.89. The van der Waals surface area contributed by atoms with Crippen LogP contribution >= 0.6 is 0 Å². The van der Waals surface area contributed by atoms with Crippen molar-refractivity contribution in [2.45, 2.75) is 25.9 Å². The number of nitrogens with one attached hydrogen (secondary N) is 1. The van der Waals surface area contributed by atoms with E-state index in [1.54, 1.807) is 7.11 Å². The third-order valence-corrected chi connectivity index (χ3v) is 2.90. The molecule has 1 aromatic rings. The maximum atomic E-state index is 5.05. The van der Waals surface area contributed by atoms with E-state index < -0.39 is 0 Å². The second-order valence-corrected chi connectivity index (χ2v) is 4.48. The molecule has 0 radical (unpaired) electrons. The highest BCUT2D eigenvalue weighted by molar-refractivity contribution is 5.25. The molecule has 1 atom stereocenters. The molecular formula is C12H24N4O. The fourth-order valence-electron chi connectivity index (χ4n) is 1.46. The van der Waals surface area contributed by atoms with Gasteiger partial charge in [-0.1, -0.05) is 0 Å². The molecule has 0 bridgehead atoms. The summed E-state index contributed by atoms with van der Waals surface area (Å²) in [4.78, 5) is 6.50. The molecule has 0 saturated heterocycles. The molecule has 0 fully saturated rings. The fraction of sp³-hybridized carbons (Fsp3) is 0.750. The molecular weight excluding hydrogens is 216 g/mol. The van der Waals surface area contributed by atoms with Crippen LogP contribution in [0, 0.1) is 0 Å². The Bertz CT molecular complexity index is 311. The predicted molar refractivity (Wildman–Crippen MR) is 70.4 cm³/mol. The molecule has 0 amide bonds. The number of hydrogen-bond acceptors (Lipinski definition) is 4. The zero-order valence-electron chi connectivity index (χ0n) is 11.3. The van der Waals surface area contributed by atoms with Crippen molar-refractivity contribution in [3.8, 4) is 0 Å². The number of hydrogen-bond donors (Lipinski definition) is 1. The molecule has 0 aliphatic carbocycles. The number of aromatic nitrogens is 2. The number of nitrogens with zero attached hydrogens (tertiary/aromatic N) is 3. The van der Waals surface area contributed by atoms with Crippen molar-refractivity contribution in [3.05, 3.63) is 12.4 Å². The molecule has 17 heavy (non-hydrogen) atoms. The Kier molecular flexibility index (Phi) is 6.00. The highest BCUT2D eigenvalue weighted by Gasteiger charge is 2.06. The Morgan fingerprint density at radius 3 is 2.94 bits per heavy atom. The fourth-order valence-corrected chi connectivity index (χ4v) is 1.46. The van der Waals surface area contributed by atoms with E-state index in [4.69, 9.17) is 4.74 Å². The van der Waals surface area contributed by atoms with Gasteiger partial charge < -0.3 is 19.5 Å². The van der Waals surface area contributed by atoms with Gasteiger partial charge in [0.05, 0.1) is 0 Å². The van der Waals surface area contributed by atoms with Crippen LogP contribution in [0.25, 0.3) is 0 Å². The average molecular weight is 240 g/mol. The standard InChI is InChI=1S/C12H24N4O/c1-11(15(2)3)10-14-12-13-6-8-16(12)7-5-9-17-4/h6,8,11H,5,7,9-10H2,1-4H3,(H,13,14). The SMILES string of the molecule is COCCCn1ccnc1NCC(C)N(C)C. The summed E-state index contributed by atoms with van der Waals surface area (Å²) in [5, 5.41) is 3.37. The molecule has 0 aliphatic rings. The monoisotopic (exact) mass is 240 g/mol. The molecule has 1 rings (SSSR count). The van der Waals surface area contributed by atoms with E-state index in [1.165, 1.54) is 0 Å². The Balaban J connectivity index is 2.40. The van der Waals surface area contributed by atoms with Gasteiger partial charge in [0.15, 0.2) is 0 Å². The molecule has 0 saturated carbocycles. The predicted octanol–water partition coefficient (Wildman–Crippen LogP) is 1.28. The number of methoxy groups -OCH3 is 1. The lowest BCUT2D eigenvalue weighted by atomic mass is 10.3. The minimum absolute atomic E-state index is 0.485. The number of ether oxygens (including phenoxy) is 1. The van der Waals surface area contributed by atoms with Crippen LogP contribution in [0.5, 0.6) is 0 Å². The van der Waals surface area contributed by atoms with E-state index in [-0.39, 0.29) is 0 Å². The van der Waals surface area contributed by atoms with Crippen LogP contribution in [-0.2, 0) is 11.3 Å². The van der Waals surface area contributed by atoms with E-state index in [0.717, 1.165) is 32.1 Å². The van der Waals surface area contributed by atoms with E-state index >= 15 is 0 Å². The van der Waals surface area contributed by atoms with Crippen LogP contribution < -0.4 is 5.32 Å². The maximum Gasteiger partial charge on any atom is 0.202 e. The summed E-state index contributed by atoms with van der Waals surface area (Å²) in [5.41, 5.74) is 0. The lowest BCUT2D eigenvalue weighted by molar-refractivity contribution is 0.190. The van der Waals surface area contributed by atoms with Gasteiger partial charge in [-0.2, -0.15) is 0 Å².